The maximum atomic E-state index is 13.2. The Bertz CT molecular complexity index is 776. The highest BCUT2D eigenvalue weighted by atomic mass is 19.1. The van der Waals surface area contributed by atoms with Crippen molar-refractivity contribution in [2.24, 2.45) is 0 Å². The molecule has 0 aliphatic heterocycles. The van der Waals surface area contributed by atoms with Gasteiger partial charge in [0.15, 0.2) is 0 Å². The Morgan fingerprint density at radius 1 is 1.04 bits per heavy atom. The molecule has 0 aromatic heterocycles. The third-order valence-corrected chi connectivity index (χ3v) is 2.94. The number of nitro benzene ring substituents is 2. The minimum atomic E-state index is -0.997. The van der Waals surface area contributed by atoms with Crippen molar-refractivity contribution < 1.29 is 19.0 Å². The van der Waals surface area contributed by atoms with E-state index < -0.39 is 27.3 Å². The van der Waals surface area contributed by atoms with E-state index in [1.54, 1.807) is 0 Å². The summed E-state index contributed by atoms with van der Waals surface area (Å²) >= 11 is 0. The van der Waals surface area contributed by atoms with Gasteiger partial charge in [-0.25, -0.2) is 0 Å². The molecule has 2 rings (SSSR count). The van der Waals surface area contributed by atoms with Crippen LogP contribution in [-0.4, -0.2) is 15.8 Å². The van der Waals surface area contributed by atoms with Crippen LogP contribution >= 0.6 is 0 Å². The van der Waals surface area contributed by atoms with Gasteiger partial charge in [-0.3, -0.25) is 25.0 Å². The van der Waals surface area contributed by atoms with Crippen LogP contribution in [0.3, 0.4) is 0 Å². The molecule has 2 aromatic rings. The van der Waals surface area contributed by atoms with Crippen LogP contribution in [0.2, 0.25) is 0 Å². The number of rotatable bonds is 5. The van der Waals surface area contributed by atoms with Gasteiger partial charge in [-0.2, -0.15) is 4.39 Å². The molecule has 0 bridgehead atoms. The molecule has 9 heteroatoms. The van der Waals surface area contributed by atoms with Crippen molar-refractivity contribution in [2.45, 2.75) is 6.42 Å². The molecule has 0 saturated carbocycles. The monoisotopic (exact) mass is 319 g/mol. The summed E-state index contributed by atoms with van der Waals surface area (Å²) in [4.78, 5) is 31.6. The topological polar surface area (TPSA) is 115 Å². The number of carbonyl (C=O) groups excluding carboxylic acids is 1. The highest BCUT2D eigenvalue weighted by Crippen LogP contribution is 2.22. The number of halogens is 1. The third kappa shape index (κ3) is 4.06. The van der Waals surface area contributed by atoms with Crippen LogP contribution in [0.5, 0.6) is 0 Å². The van der Waals surface area contributed by atoms with Crippen LogP contribution in [0.15, 0.2) is 42.5 Å². The first kappa shape index (κ1) is 16.0. The molecule has 2 aromatic carbocycles. The van der Waals surface area contributed by atoms with Crippen LogP contribution in [-0.2, 0) is 11.2 Å². The summed E-state index contributed by atoms with van der Waals surface area (Å²) in [7, 11) is 0. The molecule has 0 saturated heterocycles. The molecular weight excluding hydrogens is 309 g/mol. The first-order valence-electron chi connectivity index (χ1n) is 6.34. The number of hydrogen-bond donors (Lipinski definition) is 1. The van der Waals surface area contributed by atoms with Gasteiger partial charge in [-0.05, 0) is 17.7 Å². The summed E-state index contributed by atoms with van der Waals surface area (Å²) in [6.07, 6.45) is -0.0802. The molecule has 8 nitrogen and oxygen atoms in total. The number of anilines is 1. The van der Waals surface area contributed by atoms with E-state index in [1.807, 2.05) is 0 Å². The number of nitro groups is 2. The van der Waals surface area contributed by atoms with Crippen LogP contribution in [0.4, 0.5) is 21.5 Å². The molecule has 0 radical (unpaired) electrons. The van der Waals surface area contributed by atoms with Gasteiger partial charge in [0.05, 0.1) is 16.3 Å². The summed E-state index contributed by atoms with van der Waals surface area (Å²) in [5, 5.41) is 23.6. The van der Waals surface area contributed by atoms with E-state index >= 15 is 0 Å². The average Bonchev–Trinajstić information content (AvgIpc) is 2.49. The van der Waals surface area contributed by atoms with Crippen molar-refractivity contribution in [3.8, 4) is 0 Å². The van der Waals surface area contributed by atoms with Crippen LogP contribution < -0.4 is 5.32 Å². The van der Waals surface area contributed by atoms with E-state index in [1.165, 1.54) is 30.3 Å². The molecule has 0 atom stereocenters. The zero-order valence-electron chi connectivity index (χ0n) is 11.6. The van der Waals surface area contributed by atoms with E-state index in [0.717, 1.165) is 12.1 Å². The second kappa shape index (κ2) is 6.60. The fraction of sp³-hybridized carbons (Fsp3) is 0.0714. The molecule has 0 aliphatic carbocycles. The van der Waals surface area contributed by atoms with E-state index in [2.05, 4.69) is 5.32 Å². The standard InChI is InChI=1S/C14H10FN3O5/c15-12-6-3-10(8-13(12)18(22)23)16-14(19)7-9-1-4-11(5-2-9)17(20)21/h1-6,8H,7H2,(H,16,19). The number of nitrogens with one attached hydrogen (secondary N) is 1. The van der Waals surface area contributed by atoms with E-state index in [0.29, 0.717) is 5.56 Å². The second-order valence-electron chi connectivity index (χ2n) is 4.57. The second-order valence-corrected chi connectivity index (χ2v) is 4.57. The van der Waals surface area contributed by atoms with Crippen molar-refractivity contribution in [2.75, 3.05) is 5.32 Å². The summed E-state index contributed by atoms with van der Waals surface area (Å²) in [6, 6.07) is 8.42. The Morgan fingerprint density at radius 3 is 2.26 bits per heavy atom. The van der Waals surface area contributed by atoms with Gasteiger partial charge >= 0.3 is 5.69 Å². The van der Waals surface area contributed by atoms with E-state index in [9.17, 15) is 29.4 Å². The lowest BCUT2D eigenvalue weighted by atomic mass is 10.1. The first-order chi connectivity index (χ1) is 10.9. The fourth-order valence-electron chi connectivity index (χ4n) is 1.86. The van der Waals surface area contributed by atoms with Crippen molar-refractivity contribution in [3.63, 3.8) is 0 Å². The number of benzene rings is 2. The molecule has 0 spiro atoms. The van der Waals surface area contributed by atoms with Gasteiger partial charge in [0.25, 0.3) is 5.69 Å². The lowest BCUT2D eigenvalue weighted by Gasteiger charge is -2.05. The normalized spacial score (nSPS) is 10.1. The van der Waals surface area contributed by atoms with Crippen molar-refractivity contribution in [1.29, 1.82) is 0 Å². The molecule has 0 fully saturated rings. The van der Waals surface area contributed by atoms with Crippen LogP contribution in [0.1, 0.15) is 5.56 Å². The Hall–Kier alpha value is -3.36. The summed E-state index contributed by atoms with van der Waals surface area (Å²) in [5.74, 6) is -1.48. The zero-order valence-corrected chi connectivity index (χ0v) is 11.6. The molecule has 0 heterocycles. The quantitative estimate of drug-likeness (QED) is 0.672. The van der Waals surface area contributed by atoms with Gasteiger partial charge in [0.2, 0.25) is 11.7 Å². The minimum Gasteiger partial charge on any atom is -0.326 e. The fourth-order valence-corrected chi connectivity index (χ4v) is 1.86. The number of nitrogens with zero attached hydrogens (tertiary/aromatic N) is 2. The number of hydrogen-bond acceptors (Lipinski definition) is 5. The SMILES string of the molecule is O=C(Cc1ccc([N+](=O)[O-])cc1)Nc1ccc(F)c([N+](=O)[O-])c1. The van der Waals surface area contributed by atoms with Gasteiger partial charge in [0.1, 0.15) is 0 Å². The molecular formula is C14H10FN3O5. The smallest absolute Gasteiger partial charge is 0.306 e. The average molecular weight is 319 g/mol. The molecule has 0 aliphatic rings. The molecule has 1 amide bonds. The summed E-state index contributed by atoms with van der Waals surface area (Å²) in [6.45, 7) is 0. The lowest BCUT2D eigenvalue weighted by molar-refractivity contribution is -0.387. The summed E-state index contributed by atoms with van der Waals surface area (Å²) < 4.78 is 13.2. The highest BCUT2D eigenvalue weighted by Gasteiger charge is 2.15. The number of carbonyl (C=O) groups is 1. The van der Waals surface area contributed by atoms with Crippen LogP contribution in [0.25, 0.3) is 0 Å². The Morgan fingerprint density at radius 2 is 1.70 bits per heavy atom. The maximum absolute atomic E-state index is 13.2. The van der Waals surface area contributed by atoms with Gasteiger partial charge in [0, 0.05) is 23.9 Å². The number of amides is 1. The van der Waals surface area contributed by atoms with Crippen molar-refractivity contribution >= 4 is 23.0 Å². The minimum absolute atomic E-state index is 0.0802. The molecule has 23 heavy (non-hydrogen) atoms. The Balaban J connectivity index is 2.06. The first-order valence-corrected chi connectivity index (χ1v) is 6.34. The molecule has 0 unspecified atom stereocenters. The van der Waals surface area contributed by atoms with Crippen molar-refractivity contribution in [3.05, 3.63) is 74.1 Å². The van der Waals surface area contributed by atoms with Crippen LogP contribution in [0, 0.1) is 26.0 Å². The van der Waals surface area contributed by atoms with E-state index in [-0.39, 0.29) is 17.8 Å². The predicted molar refractivity (Wildman–Crippen MR) is 78.5 cm³/mol. The van der Waals surface area contributed by atoms with E-state index in [4.69, 9.17) is 0 Å². The zero-order chi connectivity index (χ0) is 17.0. The lowest BCUT2D eigenvalue weighted by Crippen LogP contribution is -2.14. The van der Waals surface area contributed by atoms with Crippen molar-refractivity contribution in [1.82, 2.24) is 0 Å². The Kier molecular flexibility index (Phi) is 4.60. The predicted octanol–water partition coefficient (Wildman–Crippen LogP) is 2.82. The number of non-ortho nitro benzene ring substituents is 1. The van der Waals surface area contributed by atoms with Gasteiger partial charge in [-0.15, -0.1) is 0 Å². The molecule has 118 valence electrons. The Labute approximate surface area is 128 Å². The van der Waals surface area contributed by atoms with Gasteiger partial charge in [-0.1, -0.05) is 12.1 Å². The largest absolute Gasteiger partial charge is 0.326 e. The maximum Gasteiger partial charge on any atom is 0.306 e. The molecule has 1 N–H and O–H groups in total. The van der Waals surface area contributed by atoms with Gasteiger partial charge < -0.3 is 5.32 Å². The third-order valence-electron chi connectivity index (χ3n) is 2.94. The highest BCUT2D eigenvalue weighted by molar-refractivity contribution is 5.92. The summed E-state index contributed by atoms with van der Waals surface area (Å²) in [5.41, 5.74) is -0.212.